The average molecular weight is 343 g/mol. The van der Waals surface area contributed by atoms with Gasteiger partial charge in [0.25, 0.3) is 0 Å². The lowest BCUT2D eigenvalue weighted by molar-refractivity contribution is 0.405. The second-order valence-corrected chi connectivity index (χ2v) is 5.74. The van der Waals surface area contributed by atoms with E-state index in [4.69, 9.17) is 16.0 Å². The smallest absolute Gasteiger partial charge is 0.169 e. The summed E-state index contributed by atoms with van der Waals surface area (Å²) in [4.78, 5) is 0. The molecule has 1 N–H and O–H groups in total. The number of rotatable bonds is 5. The molecule has 2 aromatic rings. The molecule has 1 aromatic carbocycles. The van der Waals surface area contributed by atoms with Crippen LogP contribution in [0.3, 0.4) is 0 Å². The summed E-state index contributed by atoms with van der Waals surface area (Å²) in [6.07, 6.45) is 0.812. The van der Waals surface area contributed by atoms with Crippen molar-refractivity contribution in [2.24, 2.45) is 0 Å². The maximum atomic E-state index is 6.30. The molecule has 19 heavy (non-hydrogen) atoms. The van der Waals surface area contributed by atoms with Gasteiger partial charge in [-0.3, -0.25) is 0 Å². The van der Waals surface area contributed by atoms with Crippen molar-refractivity contribution < 1.29 is 4.42 Å². The van der Waals surface area contributed by atoms with Gasteiger partial charge in [0.2, 0.25) is 0 Å². The van der Waals surface area contributed by atoms with Gasteiger partial charge in [0, 0.05) is 5.02 Å². The third-order valence-corrected chi connectivity index (χ3v) is 3.80. The van der Waals surface area contributed by atoms with E-state index in [1.165, 1.54) is 5.56 Å². The minimum absolute atomic E-state index is 0.136. The molecular weight excluding hydrogens is 326 g/mol. The Bertz CT molecular complexity index is 553. The van der Waals surface area contributed by atoms with E-state index in [1.807, 2.05) is 25.1 Å². The predicted octanol–water partition coefficient (Wildman–Crippen LogP) is 4.90. The fraction of sp³-hybridized carbons (Fsp3) is 0.333. The zero-order valence-electron chi connectivity index (χ0n) is 11.0. The van der Waals surface area contributed by atoms with Crippen LogP contribution in [0.5, 0.6) is 0 Å². The van der Waals surface area contributed by atoms with Crippen molar-refractivity contribution in [3.63, 3.8) is 0 Å². The Hall–Kier alpha value is -0.770. The third kappa shape index (κ3) is 3.85. The van der Waals surface area contributed by atoms with Crippen molar-refractivity contribution in [1.29, 1.82) is 0 Å². The number of halogens is 2. The zero-order valence-corrected chi connectivity index (χ0v) is 13.4. The maximum Gasteiger partial charge on any atom is 0.169 e. The lowest BCUT2D eigenvalue weighted by Crippen LogP contribution is -2.22. The van der Waals surface area contributed by atoms with Crippen LogP contribution in [0, 0.1) is 6.92 Å². The molecule has 0 aliphatic rings. The molecular formula is C15H17BrClNO. The summed E-state index contributed by atoms with van der Waals surface area (Å²) in [5.74, 6) is 0.922. The Morgan fingerprint density at radius 3 is 2.68 bits per heavy atom. The van der Waals surface area contributed by atoms with E-state index < -0.39 is 0 Å². The van der Waals surface area contributed by atoms with Gasteiger partial charge in [0.1, 0.15) is 5.76 Å². The van der Waals surface area contributed by atoms with Crippen LogP contribution in [0.4, 0.5) is 0 Å². The van der Waals surface area contributed by atoms with Crippen LogP contribution in [0.15, 0.2) is 39.4 Å². The van der Waals surface area contributed by atoms with Crippen LogP contribution in [-0.4, -0.2) is 6.54 Å². The molecule has 0 radical (unpaired) electrons. The average Bonchev–Trinajstić information content (AvgIpc) is 2.78. The lowest BCUT2D eigenvalue weighted by Gasteiger charge is -2.16. The van der Waals surface area contributed by atoms with Crippen molar-refractivity contribution in [1.82, 2.24) is 5.32 Å². The Balaban J connectivity index is 2.21. The molecule has 0 bridgehead atoms. The molecule has 0 saturated carbocycles. The summed E-state index contributed by atoms with van der Waals surface area (Å²) >= 11 is 9.64. The fourth-order valence-electron chi connectivity index (χ4n) is 2.07. The summed E-state index contributed by atoms with van der Waals surface area (Å²) in [5.41, 5.74) is 2.31. The topological polar surface area (TPSA) is 25.2 Å². The predicted molar refractivity (Wildman–Crippen MR) is 82.7 cm³/mol. The van der Waals surface area contributed by atoms with Gasteiger partial charge in [-0.15, -0.1) is 0 Å². The van der Waals surface area contributed by atoms with E-state index in [2.05, 4.69) is 40.3 Å². The Kier molecular flexibility index (Phi) is 5.08. The van der Waals surface area contributed by atoms with Crippen LogP contribution in [0.25, 0.3) is 0 Å². The van der Waals surface area contributed by atoms with E-state index in [1.54, 1.807) is 0 Å². The SMILES string of the molecule is CCNC(Cc1ccc(C)cc1Cl)c1ccc(Br)o1. The second kappa shape index (κ2) is 6.60. The number of hydrogen-bond donors (Lipinski definition) is 1. The van der Waals surface area contributed by atoms with Crippen molar-refractivity contribution in [2.45, 2.75) is 26.3 Å². The summed E-state index contributed by atoms with van der Waals surface area (Å²) in [5, 5.41) is 4.24. The second-order valence-electron chi connectivity index (χ2n) is 4.55. The Labute approximate surface area is 127 Å². The highest BCUT2D eigenvalue weighted by Crippen LogP contribution is 2.27. The van der Waals surface area contributed by atoms with Gasteiger partial charge in [-0.1, -0.05) is 30.7 Å². The first-order chi connectivity index (χ1) is 9.10. The van der Waals surface area contributed by atoms with Gasteiger partial charge in [-0.05, 0) is 65.1 Å². The van der Waals surface area contributed by atoms with E-state index >= 15 is 0 Å². The Morgan fingerprint density at radius 2 is 2.11 bits per heavy atom. The monoisotopic (exact) mass is 341 g/mol. The third-order valence-electron chi connectivity index (χ3n) is 3.02. The van der Waals surface area contributed by atoms with Gasteiger partial charge in [-0.25, -0.2) is 0 Å². The molecule has 1 heterocycles. The van der Waals surface area contributed by atoms with Gasteiger partial charge in [0.15, 0.2) is 4.67 Å². The number of benzene rings is 1. The quantitative estimate of drug-likeness (QED) is 0.836. The van der Waals surface area contributed by atoms with Crippen LogP contribution in [0.1, 0.15) is 29.9 Å². The highest BCUT2D eigenvalue weighted by atomic mass is 79.9. The molecule has 0 spiro atoms. The zero-order chi connectivity index (χ0) is 13.8. The summed E-state index contributed by atoms with van der Waals surface area (Å²) in [7, 11) is 0. The van der Waals surface area contributed by atoms with Gasteiger partial charge < -0.3 is 9.73 Å². The fourth-order valence-corrected chi connectivity index (χ4v) is 2.70. The van der Waals surface area contributed by atoms with Crippen molar-refractivity contribution in [3.8, 4) is 0 Å². The molecule has 1 atom stereocenters. The molecule has 2 rings (SSSR count). The van der Waals surface area contributed by atoms with Crippen LogP contribution >= 0.6 is 27.5 Å². The van der Waals surface area contributed by atoms with Crippen molar-refractivity contribution in [3.05, 3.63) is 56.9 Å². The molecule has 0 aliphatic heterocycles. The Morgan fingerprint density at radius 1 is 1.32 bits per heavy atom. The van der Waals surface area contributed by atoms with E-state index in [0.717, 1.165) is 34.0 Å². The highest BCUT2D eigenvalue weighted by Gasteiger charge is 2.16. The molecule has 1 unspecified atom stereocenters. The largest absolute Gasteiger partial charge is 0.453 e. The number of nitrogens with one attached hydrogen (secondary N) is 1. The summed E-state index contributed by atoms with van der Waals surface area (Å²) < 4.78 is 6.40. The molecule has 1 aromatic heterocycles. The molecule has 4 heteroatoms. The van der Waals surface area contributed by atoms with E-state index in [-0.39, 0.29) is 6.04 Å². The molecule has 0 amide bonds. The van der Waals surface area contributed by atoms with Gasteiger partial charge >= 0.3 is 0 Å². The van der Waals surface area contributed by atoms with Crippen LogP contribution < -0.4 is 5.32 Å². The number of likely N-dealkylation sites (N-methyl/N-ethyl adjacent to an activating group) is 1. The molecule has 102 valence electrons. The first kappa shape index (κ1) is 14.6. The molecule has 0 aliphatic carbocycles. The first-order valence-electron chi connectivity index (χ1n) is 6.33. The summed E-state index contributed by atoms with van der Waals surface area (Å²) in [6, 6.07) is 10.2. The number of aryl methyl sites for hydroxylation is 1. The standard InChI is InChI=1S/C15H17BrClNO/c1-3-18-13(14-6-7-15(16)19-14)9-11-5-4-10(2)8-12(11)17/h4-8,13,18H,3,9H2,1-2H3. The molecule has 2 nitrogen and oxygen atoms in total. The number of hydrogen-bond acceptors (Lipinski definition) is 2. The minimum Gasteiger partial charge on any atom is -0.453 e. The maximum absolute atomic E-state index is 6.30. The van der Waals surface area contributed by atoms with Crippen molar-refractivity contribution >= 4 is 27.5 Å². The highest BCUT2D eigenvalue weighted by molar-refractivity contribution is 9.10. The van der Waals surface area contributed by atoms with Crippen LogP contribution in [0.2, 0.25) is 5.02 Å². The van der Waals surface area contributed by atoms with E-state index in [0.29, 0.717) is 0 Å². The molecule has 0 fully saturated rings. The lowest BCUT2D eigenvalue weighted by atomic mass is 10.0. The normalized spacial score (nSPS) is 12.6. The minimum atomic E-state index is 0.136. The van der Waals surface area contributed by atoms with Crippen molar-refractivity contribution in [2.75, 3.05) is 6.54 Å². The van der Waals surface area contributed by atoms with Gasteiger partial charge in [0.05, 0.1) is 6.04 Å². The van der Waals surface area contributed by atoms with Crippen LogP contribution in [-0.2, 0) is 6.42 Å². The van der Waals surface area contributed by atoms with Gasteiger partial charge in [-0.2, -0.15) is 0 Å². The van der Waals surface area contributed by atoms with E-state index in [9.17, 15) is 0 Å². The summed E-state index contributed by atoms with van der Waals surface area (Å²) in [6.45, 7) is 5.01. The first-order valence-corrected chi connectivity index (χ1v) is 7.51. The molecule has 0 saturated heterocycles. The number of furan rings is 1.